The number of nitrogens with zero attached hydrogens (tertiary/aromatic N) is 2. The Hall–Kier alpha value is -2.12. The smallest absolute Gasteiger partial charge is 0.251 e. The van der Waals surface area contributed by atoms with E-state index in [0.29, 0.717) is 44.3 Å². The zero-order valence-electron chi connectivity index (χ0n) is 21.2. The lowest BCUT2D eigenvalue weighted by molar-refractivity contribution is -0.122. The fourth-order valence-electron chi connectivity index (χ4n) is 4.63. The van der Waals surface area contributed by atoms with Gasteiger partial charge in [-0.1, -0.05) is 26.3 Å². The molecule has 1 saturated heterocycles. The minimum atomic E-state index is -0.0602. The Kier molecular flexibility index (Phi) is 11.2. The number of carbonyl (C=O) groups is 2. The first-order valence-electron chi connectivity index (χ1n) is 13.3. The number of rotatable bonds is 7. The number of likely N-dealkylation sites (tertiary alicyclic amines) is 1. The number of carbonyl (C=O) groups excluding carboxylic acids is 2. The van der Waals surface area contributed by atoms with Crippen molar-refractivity contribution in [3.63, 3.8) is 0 Å². The van der Waals surface area contributed by atoms with Crippen molar-refractivity contribution < 1.29 is 14.3 Å². The number of nitrogens with one attached hydrogen (secondary N) is 2. The maximum absolute atomic E-state index is 13.2. The average molecular weight is 473 g/mol. The zero-order chi connectivity index (χ0) is 24.2. The predicted octanol–water partition coefficient (Wildman–Crippen LogP) is 3.43. The van der Waals surface area contributed by atoms with Crippen molar-refractivity contribution in [2.24, 2.45) is 5.92 Å². The van der Waals surface area contributed by atoms with Crippen LogP contribution in [0.4, 0.5) is 0 Å². The fourth-order valence-corrected chi connectivity index (χ4v) is 4.63. The molecule has 34 heavy (non-hydrogen) atoms. The third-order valence-electron chi connectivity index (χ3n) is 6.71. The highest BCUT2D eigenvalue weighted by atomic mass is 16.5. The molecular weight excluding hydrogens is 428 g/mol. The van der Waals surface area contributed by atoms with Crippen LogP contribution in [-0.4, -0.2) is 74.0 Å². The van der Waals surface area contributed by atoms with E-state index >= 15 is 0 Å². The number of hydrogen-bond donors (Lipinski definition) is 2. The minimum Gasteiger partial charge on any atom is -0.493 e. The van der Waals surface area contributed by atoms with Gasteiger partial charge >= 0.3 is 0 Å². The van der Waals surface area contributed by atoms with Gasteiger partial charge in [-0.25, -0.2) is 0 Å². The van der Waals surface area contributed by atoms with E-state index < -0.39 is 0 Å². The highest BCUT2D eigenvalue weighted by Crippen LogP contribution is 2.25. The van der Waals surface area contributed by atoms with Crippen LogP contribution in [0.15, 0.2) is 18.2 Å². The van der Waals surface area contributed by atoms with Gasteiger partial charge in [0, 0.05) is 37.3 Å². The molecule has 7 nitrogen and oxygen atoms in total. The van der Waals surface area contributed by atoms with Crippen molar-refractivity contribution in [2.45, 2.75) is 65.3 Å². The summed E-state index contributed by atoms with van der Waals surface area (Å²) in [6.07, 6.45) is 7.68. The Balaban J connectivity index is 1.76. The molecule has 2 aliphatic rings. The molecule has 7 heteroatoms. The van der Waals surface area contributed by atoms with Gasteiger partial charge in [0.25, 0.3) is 5.91 Å². The summed E-state index contributed by atoms with van der Waals surface area (Å²) in [5, 5.41) is 6.19. The Morgan fingerprint density at radius 1 is 1.03 bits per heavy atom. The summed E-state index contributed by atoms with van der Waals surface area (Å²) in [4.78, 5) is 30.4. The molecule has 0 saturated carbocycles. The third-order valence-corrected chi connectivity index (χ3v) is 6.71. The Bertz CT molecular complexity index is 777. The van der Waals surface area contributed by atoms with Gasteiger partial charge in [-0.2, -0.15) is 0 Å². The topological polar surface area (TPSA) is 73.9 Å². The molecule has 2 heterocycles. The van der Waals surface area contributed by atoms with E-state index in [0.717, 1.165) is 63.2 Å². The van der Waals surface area contributed by atoms with E-state index in [1.165, 1.54) is 19.3 Å². The van der Waals surface area contributed by atoms with Crippen LogP contribution < -0.4 is 15.4 Å². The highest BCUT2D eigenvalue weighted by molar-refractivity contribution is 5.96. The minimum absolute atomic E-state index is 0.0499. The molecule has 2 amide bonds. The van der Waals surface area contributed by atoms with Crippen molar-refractivity contribution in [3.05, 3.63) is 29.3 Å². The summed E-state index contributed by atoms with van der Waals surface area (Å²) in [7, 11) is 0. The molecule has 0 unspecified atom stereocenters. The molecule has 2 N–H and O–H groups in total. The quantitative estimate of drug-likeness (QED) is 0.636. The summed E-state index contributed by atoms with van der Waals surface area (Å²) in [6.45, 7) is 11.1. The molecule has 0 spiro atoms. The molecule has 0 atom stereocenters. The van der Waals surface area contributed by atoms with Gasteiger partial charge in [0.05, 0.1) is 13.2 Å². The maximum atomic E-state index is 13.2. The van der Waals surface area contributed by atoms with Crippen LogP contribution in [0.2, 0.25) is 0 Å². The van der Waals surface area contributed by atoms with Gasteiger partial charge in [-0.05, 0) is 76.2 Å². The maximum Gasteiger partial charge on any atom is 0.251 e. The molecule has 1 aromatic rings. The SMILES string of the molecule is CC(C)CCN1CC(=O)NCCCCCOc2cccc(C(=O)NCCN3CCCCC3)c2C1. The van der Waals surface area contributed by atoms with Crippen LogP contribution in [0, 0.1) is 5.92 Å². The van der Waals surface area contributed by atoms with Crippen LogP contribution in [0.25, 0.3) is 0 Å². The molecule has 0 bridgehead atoms. The first-order chi connectivity index (χ1) is 16.5. The molecule has 3 rings (SSSR count). The largest absolute Gasteiger partial charge is 0.493 e. The molecule has 0 radical (unpaired) electrons. The summed E-state index contributed by atoms with van der Waals surface area (Å²) < 4.78 is 6.17. The first-order valence-corrected chi connectivity index (χ1v) is 13.3. The summed E-state index contributed by atoms with van der Waals surface area (Å²) in [6, 6.07) is 5.75. The standard InChI is InChI=1S/C27H44N4O3/c1-22(2)12-17-31-20-24-23(27(33)29-14-18-30-15-6-4-7-16-30)10-9-11-25(24)34-19-8-3-5-13-28-26(32)21-31/h9-11,22H,3-8,12-21H2,1-2H3,(H,28,32)(H,29,33). The number of ether oxygens (including phenoxy) is 1. The van der Waals surface area contributed by atoms with Gasteiger partial charge in [-0.3, -0.25) is 14.5 Å². The number of piperidine rings is 1. The first kappa shape index (κ1) is 26.5. The molecule has 2 aliphatic heterocycles. The summed E-state index contributed by atoms with van der Waals surface area (Å²) in [5.41, 5.74) is 1.54. The van der Waals surface area contributed by atoms with Crippen molar-refractivity contribution >= 4 is 11.8 Å². The van der Waals surface area contributed by atoms with Crippen molar-refractivity contribution in [3.8, 4) is 5.75 Å². The molecule has 190 valence electrons. The van der Waals surface area contributed by atoms with E-state index in [4.69, 9.17) is 4.74 Å². The number of amides is 2. The van der Waals surface area contributed by atoms with Gasteiger partial charge in [0.15, 0.2) is 0 Å². The van der Waals surface area contributed by atoms with E-state index in [1.54, 1.807) is 0 Å². The molecule has 0 aromatic heterocycles. The lowest BCUT2D eigenvalue weighted by atomic mass is 10.0. The second-order valence-corrected chi connectivity index (χ2v) is 10.1. The molecule has 0 aliphatic carbocycles. The van der Waals surface area contributed by atoms with Crippen LogP contribution in [0.3, 0.4) is 0 Å². The lowest BCUT2D eigenvalue weighted by Crippen LogP contribution is -2.39. The van der Waals surface area contributed by atoms with Gasteiger partial charge in [0.1, 0.15) is 5.75 Å². The van der Waals surface area contributed by atoms with Gasteiger partial charge in [-0.15, -0.1) is 0 Å². The van der Waals surface area contributed by atoms with E-state index in [9.17, 15) is 9.59 Å². The molecule has 1 aromatic carbocycles. The normalized spacial score (nSPS) is 19.2. The average Bonchev–Trinajstić information content (AvgIpc) is 2.84. The van der Waals surface area contributed by atoms with E-state index in [1.807, 2.05) is 18.2 Å². The van der Waals surface area contributed by atoms with E-state index in [2.05, 4.69) is 34.3 Å². The van der Waals surface area contributed by atoms with Crippen molar-refractivity contribution in [2.75, 3.05) is 52.4 Å². The second-order valence-electron chi connectivity index (χ2n) is 10.1. The Morgan fingerprint density at radius 3 is 2.62 bits per heavy atom. The van der Waals surface area contributed by atoms with Crippen molar-refractivity contribution in [1.82, 2.24) is 20.4 Å². The zero-order valence-corrected chi connectivity index (χ0v) is 21.2. The second kappa shape index (κ2) is 14.3. The number of fused-ring (bicyclic) bond motifs is 1. The number of hydrogen-bond acceptors (Lipinski definition) is 5. The monoisotopic (exact) mass is 472 g/mol. The van der Waals surface area contributed by atoms with Crippen LogP contribution in [-0.2, 0) is 11.3 Å². The van der Waals surface area contributed by atoms with Gasteiger partial charge < -0.3 is 20.3 Å². The third kappa shape index (κ3) is 8.91. The Labute approximate surface area is 205 Å². The fraction of sp³-hybridized carbons (Fsp3) is 0.704. The summed E-state index contributed by atoms with van der Waals surface area (Å²) >= 11 is 0. The number of benzene rings is 1. The lowest BCUT2D eigenvalue weighted by Gasteiger charge is -2.27. The predicted molar refractivity (Wildman–Crippen MR) is 136 cm³/mol. The van der Waals surface area contributed by atoms with E-state index in [-0.39, 0.29) is 11.8 Å². The van der Waals surface area contributed by atoms with Crippen LogP contribution in [0.1, 0.15) is 74.7 Å². The molecule has 1 fully saturated rings. The van der Waals surface area contributed by atoms with Crippen LogP contribution in [0.5, 0.6) is 5.75 Å². The van der Waals surface area contributed by atoms with Crippen LogP contribution >= 0.6 is 0 Å². The highest BCUT2D eigenvalue weighted by Gasteiger charge is 2.21. The molecular formula is C27H44N4O3. The Morgan fingerprint density at radius 2 is 1.82 bits per heavy atom. The summed E-state index contributed by atoms with van der Waals surface area (Å²) in [5.74, 6) is 1.29. The van der Waals surface area contributed by atoms with Crippen molar-refractivity contribution in [1.29, 1.82) is 0 Å². The van der Waals surface area contributed by atoms with Gasteiger partial charge in [0.2, 0.25) is 5.91 Å².